The average molecular weight is 319 g/mol. The molecule has 1 aromatic rings. The molecule has 0 amide bonds. The van der Waals surface area contributed by atoms with Crippen molar-refractivity contribution in [2.75, 3.05) is 5.73 Å². The van der Waals surface area contributed by atoms with E-state index < -0.39 is 0 Å². The van der Waals surface area contributed by atoms with Crippen molar-refractivity contribution in [3.05, 3.63) is 15.1 Å². The summed E-state index contributed by atoms with van der Waals surface area (Å²) >= 11 is 2.22. The van der Waals surface area contributed by atoms with Gasteiger partial charge in [0.15, 0.2) is 0 Å². The molecule has 1 aromatic heterocycles. The first-order valence-corrected chi connectivity index (χ1v) is 6.38. The standard InChI is InChI=1S/C11H18IN3/c1-5-7(4)11-14-9(6(2)3)8(12)10(13)15-11/h6-7H,5H2,1-4H3,(H2,13,14,15). The zero-order valence-electron chi connectivity index (χ0n) is 9.71. The number of anilines is 1. The molecule has 0 aliphatic carbocycles. The molecule has 0 aliphatic heterocycles. The Labute approximate surface area is 105 Å². The van der Waals surface area contributed by atoms with Crippen molar-refractivity contribution in [3.63, 3.8) is 0 Å². The van der Waals surface area contributed by atoms with E-state index in [1.54, 1.807) is 0 Å². The van der Waals surface area contributed by atoms with Gasteiger partial charge in [-0.25, -0.2) is 9.97 Å². The summed E-state index contributed by atoms with van der Waals surface area (Å²) in [7, 11) is 0. The Balaban J connectivity index is 3.23. The number of nitrogens with two attached hydrogens (primary N) is 1. The zero-order valence-corrected chi connectivity index (χ0v) is 11.9. The molecular formula is C11H18IN3. The lowest BCUT2D eigenvalue weighted by molar-refractivity contribution is 0.661. The topological polar surface area (TPSA) is 51.8 Å². The van der Waals surface area contributed by atoms with Crippen molar-refractivity contribution < 1.29 is 0 Å². The maximum atomic E-state index is 5.89. The minimum absolute atomic E-state index is 0.377. The van der Waals surface area contributed by atoms with Crippen LogP contribution < -0.4 is 5.73 Å². The van der Waals surface area contributed by atoms with E-state index >= 15 is 0 Å². The summed E-state index contributed by atoms with van der Waals surface area (Å²) in [6.45, 7) is 8.53. The van der Waals surface area contributed by atoms with Crippen molar-refractivity contribution in [2.45, 2.75) is 46.0 Å². The highest BCUT2D eigenvalue weighted by molar-refractivity contribution is 14.1. The summed E-state index contributed by atoms with van der Waals surface area (Å²) < 4.78 is 0.995. The van der Waals surface area contributed by atoms with Crippen LogP contribution in [0.25, 0.3) is 0 Å². The number of nitrogens with zero attached hydrogens (tertiary/aromatic N) is 2. The lowest BCUT2D eigenvalue weighted by Crippen LogP contribution is -2.10. The van der Waals surface area contributed by atoms with Crippen LogP contribution in [0.2, 0.25) is 0 Å². The van der Waals surface area contributed by atoms with Gasteiger partial charge in [-0.3, -0.25) is 0 Å². The van der Waals surface area contributed by atoms with E-state index in [0.29, 0.717) is 17.7 Å². The first-order valence-electron chi connectivity index (χ1n) is 5.30. The van der Waals surface area contributed by atoms with Crippen LogP contribution in [0, 0.1) is 3.57 Å². The predicted molar refractivity (Wildman–Crippen MR) is 72.0 cm³/mol. The molecule has 0 aromatic carbocycles. The molecule has 0 saturated heterocycles. The minimum atomic E-state index is 0.377. The second-order valence-electron chi connectivity index (χ2n) is 4.13. The summed E-state index contributed by atoms with van der Waals surface area (Å²) in [4.78, 5) is 8.95. The van der Waals surface area contributed by atoms with Gasteiger partial charge in [0, 0.05) is 5.92 Å². The van der Waals surface area contributed by atoms with Crippen molar-refractivity contribution in [1.82, 2.24) is 9.97 Å². The van der Waals surface area contributed by atoms with Gasteiger partial charge in [0.2, 0.25) is 0 Å². The Morgan fingerprint density at radius 3 is 2.33 bits per heavy atom. The lowest BCUT2D eigenvalue weighted by Gasteiger charge is -2.14. The van der Waals surface area contributed by atoms with Crippen molar-refractivity contribution in [1.29, 1.82) is 0 Å². The van der Waals surface area contributed by atoms with Crippen LogP contribution >= 0.6 is 22.6 Å². The highest BCUT2D eigenvalue weighted by Crippen LogP contribution is 2.26. The van der Waals surface area contributed by atoms with E-state index in [1.165, 1.54) is 0 Å². The predicted octanol–water partition coefficient (Wildman–Crippen LogP) is 3.30. The average Bonchev–Trinajstić information content (AvgIpc) is 2.20. The Morgan fingerprint density at radius 2 is 1.87 bits per heavy atom. The molecule has 1 unspecified atom stereocenters. The quantitative estimate of drug-likeness (QED) is 0.870. The fourth-order valence-electron chi connectivity index (χ4n) is 1.29. The molecule has 0 fully saturated rings. The van der Waals surface area contributed by atoms with Gasteiger partial charge in [0.1, 0.15) is 11.6 Å². The molecule has 0 aliphatic rings. The van der Waals surface area contributed by atoms with Crippen LogP contribution in [0.3, 0.4) is 0 Å². The fourth-order valence-corrected chi connectivity index (χ4v) is 2.15. The number of aromatic nitrogens is 2. The van der Waals surface area contributed by atoms with E-state index in [9.17, 15) is 0 Å². The lowest BCUT2D eigenvalue weighted by atomic mass is 10.1. The SMILES string of the molecule is CCC(C)c1nc(N)c(I)c(C(C)C)n1. The van der Waals surface area contributed by atoms with Gasteiger partial charge in [-0.15, -0.1) is 0 Å². The van der Waals surface area contributed by atoms with Crippen molar-refractivity contribution in [3.8, 4) is 0 Å². The Bertz CT molecular complexity index is 350. The first kappa shape index (κ1) is 12.7. The first-order chi connectivity index (χ1) is 6.97. The van der Waals surface area contributed by atoms with E-state index in [4.69, 9.17) is 5.73 Å². The molecule has 1 heterocycles. The number of nitrogen functional groups attached to an aromatic ring is 1. The molecule has 0 radical (unpaired) electrons. The van der Waals surface area contributed by atoms with Gasteiger partial charge < -0.3 is 5.73 Å². The van der Waals surface area contributed by atoms with Crippen LogP contribution in [-0.4, -0.2) is 9.97 Å². The largest absolute Gasteiger partial charge is 0.383 e. The third-order valence-corrected chi connectivity index (χ3v) is 3.63. The molecule has 0 bridgehead atoms. The molecule has 4 heteroatoms. The maximum absolute atomic E-state index is 5.89. The minimum Gasteiger partial charge on any atom is -0.383 e. The number of rotatable bonds is 3. The summed E-state index contributed by atoms with van der Waals surface area (Å²) in [5, 5.41) is 0. The smallest absolute Gasteiger partial charge is 0.140 e. The normalized spacial score (nSPS) is 13.2. The van der Waals surface area contributed by atoms with Crippen molar-refractivity contribution in [2.24, 2.45) is 0 Å². The molecule has 0 saturated carbocycles. The van der Waals surface area contributed by atoms with Gasteiger partial charge in [0.05, 0.1) is 9.26 Å². The monoisotopic (exact) mass is 319 g/mol. The van der Waals surface area contributed by atoms with Crippen LogP contribution in [0.4, 0.5) is 5.82 Å². The van der Waals surface area contributed by atoms with Crippen LogP contribution in [0.1, 0.15) is 57.5 Å². The molecule has 2 N–H and O–H groups in total. The van der Waals surface area contributed by atoms with E-state index in [-0.39, 0.29) is 0 Å². The summed E-state index contributed by atoms with van der Waals surface area (Å²) in [6.07, 6.45) is 1.04. The van der Waals surface area contributed by atoms with Crippen molar-refractivity contribution >= 4 is 28.4 Å². The van der Waals surface area contributed by atoms with Gasteiger partial charge in [-0.05, 0) is 34.9 Å². The van der Waals surface area contributed by atoms with Crippen LogP contribution in [-0.2, 0) is 0 Å². The maximum Gasteiger partial charge on any atom is 0.140 e. The second kappa shape index (κ2) is 5.09. The molecule has 1 rings (SSSR count). The highest BCUT2D eigenvalue weighted by Gasteiger charge is 2.15. The van der Waals surface area contributed by atoms with E-state index in [0.717, 1.165) is 21.5 Å². The Hall–Kier alpha value is -0.390. The number of halogens is 1. The molecule has 3 nitrogen and oxygen atoms in total. The molecule has 1 atom stereocenters. The number of hydrogen-bond donors (Lipinski definition) is 1. The van der Waals surface area contributed by atoms with Gasteiger partial charge in [-0.1, -0.05) is 27.7 Å². The molecular weight excluding hydrogens is 301 g/mol. The van der Waals surface area contributed by atoms with Crippen LogP contribution in [0.5, 0.6) is 0 Å². The van der Waals surface area contributed by atoms with Crippen LogP contribution in [0.15, 0.2) is 0 Å². The molecule has 15 heavy (non-hydrogen) atoms. The van der Waals surface area contributed by atoms with Gasteiger partial charge in [0.25, 0.3) is 0 Å². The third-order valence-electron chi connectivity index (χ3n) is 2.52. The molecule has 0 spiro atoms. The van der Waals surface area contributed by atoms with E-state index in [2.05, 4.69) is 60.3 Å². The summed E-state index contributed by atoms with van der Waals surface area (Å²) in [6, 6.07) is 0. The van der Waals surface area contributed by atoms with Gasteiger partial charge >= 0.3 is 0 Å². The Kier molecular flexibility index (Phi) is 4.31. The highest BCUT2D eigenvalue weighted by atomic mass is 127. The fraction of sp³-hybridized carbons (Fsp3) is 0.636. The number of hydrogen-bond acceptors (Lipinski definition) is 3. The van der Waals surface area contributed by atoms with E-state index in [1.807, 2.05) is 0 Å². The molecule has 84 valence electrons. The summed E-state index contributed by atoms with van der Waals surface area (Å²) in [5.41, 5.74) is 6.96. The summed E-state index contributed by atoms with van der Waals surface area (Å²) in [5.74, 6) is 2.26. The van der Waals surface area contributed by atoms with Gasteiger partial charge in [-0.2, -0.15) is 0 Å². The second-order valence-corrected chi connectivity index (χ2v) is 5.21. The Morgan fingerprint density at radius 1 is 1.27 bits per heavy atom. The zero-order chi connectivity index (χ0) is 11.6. The third kappa shape index (κ3) is 2.80.